The first-order valence-corrected chi connectivity index (χ1v) is 6.33. The molecule has 0 aliphatic carbocycles. The summed E-state index contributed by atoms with van der Waals surface area (Å²) < 4.78 is 25.5. The Hall–Kier alpha value is -0.473. The van der Waals surface area contributed by atoms with Gasteiger partial charge < -0.3 is 22.8 Å². The fraction of sp³-hybridized carbons (Fsp3) is 0.875. The predicted molar refractivity (Wildman–Crippen MR) is 54.0 cm³/mol. The SMILES string of the molecule is CCC(OCOC=O)[Si](OC)(OC)OC. The highest BCUT2D eigenvalue weighted by Crippen LogP contribution is 2.17. The van der Waals surface area contributed by atoms with Gasteiger partial charge in [-0.15, -0.1) is 0 Å². The molecule has 0 aliphatic rings. The maximum absolute atomic E-state index is 9.95. The van der Waals surface area contributed by atoms with Crippen molar-refractivity contribution in [3.63, 3.8) is 0 Å². The summed E-state index contributed by atoms with van der Waals surface area (Å²) in [7, 11) is 1.70. The normalized spacial score (nSPS) is 13.6. The molecule has 0 spiro atoms. The van der Waals surface area contributed by atoms with Gasteiger partial charge in [-0.2, -0.15) is 0 Å². The molecule has 0 radical (unpaired) electrons. The van der Waals surface area contributed by atoms with E-state index in [2.05, 4.69) is 4.74 Å². The smallest absolute Gasteiger partial charge is 0.441 e. The van der Waals surface area contributed by atoms with Gasteiger partial charge in [-0.3, -0.25) is 4.79 Å². The van der Waals surface area contributed by atoms with E-state index >= 15 is 0 Å². The summed E-state index contributed by atoms with van der Waals surface area (Å²) in [6.07, 6.45) is 0.643. The van der Waals surface area contributed by atoms with Crippen LogP contribution in [-0.2, 0) is 27.5 Å². The Morgan fingerprint density at radius 3 is 2.07 bits per heavy atom. The monoisotopic (exact) mass is 238 g/mol. The molecule has 0 aromatic carbocycles. The fourth-order valence-corrected chi connectivity index (χ4v) is 3.32. The first-order chi connectivity index (χ1) is 7.20. The van der Waals surface area contributed by atoms with Crippen LogP contribution in [0.4, 0.5) is 0 Å². The summed E-state index contributed by atoms with van der Waals surface area (Å²) in [4.78, 5) is 9.95. The third-order valence-corrected chi connectivity index (χ3v) is 5.09. The molecule has 0 amide bonds. The summed E-state index contributed by atoms with van der Waals surface area (Å²) in [5.74, 6) is 0. The van der Waals surface area contributed by atoms with Gasteiger partial charge in [0.05, 0.1) is 0 Å². The second kappa shape index (κ2) is 7.77. The Labute approximate surface area is 90.8 Å². The van der Waals surface area contributed by atoms with Gasteiger partial charge in [0.15, 0.2) is 6.79 Å². The lowest BCUT2D eigenvalue weighted by Gasteiger charge is -2.31. The molecule has 0 aromatic heterocycles. The average molecular weight is 238 g/mol. The van der Waals surface area contributed by atoms with Crippen LogP contribution < -0.4 is 0 Å². The van der Waals surface area contributed by atoms with E-state index in [-0.39, 0.29) is 12.5 Å². The van der Waals surface area contributed by atoms with Gasteiger partial charge in [-0.1, -0.05) is 6.92 Å². The Morgan fingerprint density at radius 2 is 1.73 bits per heavy atom. The molecule has 0 bridgehead atoms. The summed E-state index contributed by atoms with van der Waals surface area (Å²) in [6, 6.07) is 0. The van der Waals surface area contributed by atoms with E-state index in [0.29, 0.717) is 12.9 Å². The van der Waals surface area contributed by atoms with Crippen LogP contribution in [0.3, 0.4) is 0 Å². The Bertz CT molecular complexity index is 164. The second-order valence-electron chi connectivity index (χ2n) is 2.66. The number of hydrogen-bond acceptors (Lipinski definition) is 6. The zero-order chi connectivity index (χ0) is 11.7. The highest BCUT2D eigenvalue weighted by atomic mass is 28.4. The number of ether oxygens (including phenoxy) is 2. The van der Waals surface area contributed by atoms with Crippen LogP contribution in [0.15, 0.2) is 0 Å². The van der Waals surface area contributed by atoms with Gasteiger partial charge in [0, 0.05) is 21.3 Å². The van der Waals surface area contributed by atoms with E-state index < -0.39 is 8.80 Å². The van der Waals surface area contributed by atoms with Crippen molar-refractivity contribution in [1.82, 2.24) is 0 Å². The molecular weight excluding hydrogens is 220 g/mol. The molecule has 15 heavy (non-hydrogen) atoms. The molecule has 0 saturated carbocycles. The molecule has 7 heteroatoms. The largest absolute Gasteiger partial charge is 0.530 e. The second-order valence-corrected chi connectivity index (χ2v) is 5.74. The average Bonchev–Trinajstić information content (AvgIpc) is 2.29. The lowest BCUT2D eigenvalue weighted by atomic mass is 10.5. The lowest BCUT2D eigenvalue weighted by molar-refractivity contribution is -0.145. The van der Waals surface area contributed by atoms with Gasteiger partial charge in [-0.05, 0) is 6.42 Å². The molecule has 0 aromatic rings. The fourth-order valence-electron chi connectivity index (χ4n) is 1.26. The molecule has 0 saturated heterocycles. The molecule has 90 valence electrons. The van der Waals surface area contributed by atoms with Gasteiger partial charge >= 0.3 is 8.80 Å². The molecule has 0 fully saturated rings. The van der Waals surface area contributed by atoms with E-state index in [4.69, 9.17) is 18.0 Å². The Morgan fingerprint density at radius 1 is 1.20 bits per heavy atom. The summed E-state index contributed by atoms with van der Waals surface area (Å²) in [6.45, 7) is 2.10. The predicted octanol–water partition coefficient (Wildman–Crippen LogP) is 0.329. The van der Waals surface area contributed by atoms with Crippen molar-refractivity contribution in [2.75, 3.05) is 28.1 Å². The van der Waals surface area contributed by atoms with Crippen molar-refractivity contribution in [2.45, 2.75) is 19.1 Å². The van der Waals surface area contributed by atoms with E-state index in [1.54, 1.807) is 0 Å². The molecule has 0 heterocycles. The Balaban J connectivity index is 4.37. The quantitative estimate of drug-likeness (QED) is 0.250. The van der Waals surface area contributed by atoms with Crippen LogP contribution in [0.2, 0.25) is 0 Å². The van der Waals surface area contributed by atoms with Crippen molar-refractivity contribution in [3.05, 3.63) is 0 Å². The van der Waals surface area contributed by atoms with E-state index in [1.165, 1.54) is 21.3 Å². The van der Waals surface area contributed by atoms with Gasteiger partial charge in [0.25, 0.3) is 6.47 Å². The lowest BCUT2D eigenvalue weighted by Crippen LogP contribution is -2.55. The zero-order valence-electron chi connectivity index (χ0n) is 9.52. The van der Waals surface area contributed by atoms with E-state index in [1.807, 2.05) is 6.92 Å². The summed E-state index contributed by atoms with van der Waals surface area (Å²) >= 11 is 0. The first-order valence-electron chi connectivity index (χ1n) is 4.53. The van der Waals surface area contributed by atoms with Crippen LogP contribution in [-0.4, -0.2) is 49.1 Å². The van der Waals surface area contributed by atoms with Gasteiger partial charge in [-0.25, -0.2) is 0 Å². The van der Waals surface area contributed by atoms with Gasteiger partial charge in [0.2, 0.25) is 0 Å². The van der Waals surface area contributed by atoms with Crippen molar-refractivity contribution in [1.29, 1.82) is 0 Å². The summed E-state index contributed by atoms with van der Waals surface area (Å²) in [5.41, 5.74) is -0.350. The number of hydrogen-bond donors (Lipinski definition) is 0. The molecule has 1 atom stereocenters. The molecular formula is C8H18O6Si. The van der Waals surface area contributed by atoms with Crippen molar-refractivity contribution >= 4 is 15.3 Å². The third kappa shape index (κ3) is 3.88. The number of carbonyl (C=O) groups excluding carboxylic acids is 1. The summed E-state index contributed by atoms with van der Waals surface area (Å²) in [5, 5.41) is 0. The van der Waals surface area contributed by atoms with Crippen LogP contribution in [0, 0.1) is 0 Å². The van der Waals surface area contributed by atoms with Crippen molar-refractivity contribution < 1.29 is 27.5 Å². The van der Waals surface area contributed by atoms with Crippen molar-refractivity contribution in [2.24, 2.45) is 0 Å². The van der Waals surface area contributed by atoms with Gasteiger partial charge in [0.1, 0.15) is 5.73 Å². The standard InChI is InChI=1S/C8H18O6Si/c1-5-8(14-7-13-6-9)15(10-2,11-3)12-4/h6,8H,5,7H2,1-4H3. The number of carbonyl (C=O) groups is 1. The minimum Gasteiger partial charge on any atom is -0.441 e. The first kappa shape index (κ1) is 14.5. The van der Waals surface area contributed by atoms with E-state index in [0.717, 1.165) is 0 Å². The topological polar surface area (TPSA) is 63.2 Å². The Kier molecular flexibility index (Phi) is 7.53. The zero-order valence-corrected chi connectivity index (χ0v) is 10.5. The minimum atomic E-state index is -2.81. The van der Waals surface area contributed by atoms with Crippen molar-refractivity contribution in [3.8, 4) is 0 Å². The molecule has 0 aliphatic heterocycles. The maximum atomic E-state index is 9.95. The maximum Gasteiger partial charge on any atom is 0.530 e. The minimum absolute atomic E-state index is 0.132. The van der Waals surface area contributed by atoms with Crippen LogP contribution in [0.1, 0.15) is 13.3 Å². The van der Waals surface area contributed by atoms with Crippen LogP contribution in [0.5, 0.6) is 0 Å². The molecule has 1 unspecified atom stereocenters. The highest BCUT2D eigenvalue weighted by Gasteiger charge is 2.47. The number of rotatable bonds is 9. The van der Waals surface area contributed by atoms with Crippen LogP contribution in [0.25, 0.3) is 0 Å². The molecule has 0 N–H and O–H groups in total. The third-order valence-electron chi connectivity index (χ3n) is 2.02. The molecule has 6 nitrogen and oxygen atoms in total. The van der Waals surface area contributed by atoms with E-state index in [9.17, 15) is 4.79 Å². The highest BCUT2D eigenvalue weighted by molar-refractivity contribution is 6.62. The van der Waals surface area contributed by atoms with Crippen LogP contribution >= 0.6 is 0 Å². The molecule has 0 rings (SSSR count).